The lowest BCUT2D eigenvalue weighted by Gasteiger charge is -2.02. The zero-order valence-corrected chi connectivity index (χ0v) is 11.7. The fourth-order valence-corrected chi connectivity index (χ4v) is 2.36. The van der Waals surface area contributed by atoms with Crippen LogP contribution in [0.1, 0.15) is 6.92 Å². The molecule has 1 heterocycles. The molecule has 0 saturated heterocycles. The fraction of sp³-hybridized carbons (Fsp3) is 0.0625. The molecule has 2 aromatic carbocycles. The van der Waals surface area contributed by atoms with E-state index in [0.29, 0.717) is 10.9 Å². The Kier molecular flexibility index (Phi) is 3.20. The molecule has 0 fully saturated rings. The van der Waals surface area contributed by atoms with E-state index in [-0.39, 0.29) is 0 Å². The number of furan rings is 1. The highest BCUT2D eigenvalue weighted by Crippen LogP contribution is 2.33. The van der Waals surface area contributed by atoms with E-state index in [0.717, 1.165) is 28.0 Å². The smallest absolute Gasteiger partial charge is 0.136 e. The molecule has 0 spiro atoms. The van der Waals surface area contributed by atoms with Gasteiger partial charge in [-0.15, -0.1) is 0 Å². The molecule has 3 aromatic rings. The molecule has 0 unspecified atom stereocenters. The maximum Gasteiger partial charge on any atom is 0.136 e. The quantitative estimate of drug-likeness (QED) is 0.504. The molecular formula is C16H13ClN2O. The number of benzene rings is 2. The van der Waals surface area contributed by atoms with Crippen molar-refractivity contribution >= 4 is 34.1 Å². The topological polar surface area (TPSA) is 49.0 Å². The van der Waals surface area contributed by atoms with Crippen LogP contribution in [0.5, 0.6) is 0 Å². The third-order valence-corrected chi connectivity index (χ3v) is 3.32. The number of hydrogen-bond acceptors (Lipinski definition) is 2. The van der Waals surface area contributed by atoms with Crippen molar-refractivity contribution in [1.82, 2.24) is 0 Å². The molecule has 0 aliphatic heterocycles. The molecule has 0 radical (unpaired) electrons. The summed E-state index contributed by atoms with van der Waals surface area (Å²) < 4.78 is 5.83. The molecule has 20 heavy (non-hydrogen) atoms. The van der Waals surface area contributed by atoms with Gasteiger partial charge in [0, 0.05) is 16.6 Å². The minimum absolute atomic E-state index is 0.402. The zero-order valence-electron chi connectivity index (χ0n) is 10.9. The molecule has 0 atom stereocenters. The van der Waals surface area contributed by atoms with E-state index in [1.807, 2.05) is 48.5 Å². The van der Waals surface area contributed by atoms with Crippen molar-refractivity contribution in [1.29, 1.82) is 5.41 Å². The summed E-state index contributed by atoms with van der Waals surface area (Å²) >= 11 is 6.19. The average Bonchev–Trinajstić information content (AvgIpc) is 2.81. The molecule has 0 aliphatic carbocycles. The van der Waals surface area contributed by atoms with Gasteiger partial charge in [0.2, 0.25) is 0 Å². The highest BCUT2D eigenvalue weighted by atomic mass is 35.5. The van der Waals surface area contributed by atoms with Gasteiger partial charge in [0.15, 0.2) is 0 Å². The van der Waals surface area contributed by atoms with Crippen molar-refractivity contribution in [2.24, 2.45) is 0 Å². The molecule has 0 bridgehead atoms. The summed E-state index contributed by atoms with van der Waals surface area (Å²) in [5, 5.41) is 12.1. The van der Waals surface area contributed by atoms with E-state index in [1.54, 1.807) is 6.92 Å². The third-order valence-electron chi connectivity index (χ3n) is 2.99. The first-order valence-electron chi connectivity index (χ1n) is 6.24. The van der Waals surface area contributed by atoms with Gasteiger partial charge < -0.3 is 9.73 Å². The molecule has 3 rings (SSSR count). The number of hydrogen-bond donors (Lipinski definition) is 2. The Bertz CT molecular complexity index is 792. The summed E-state index contributed by atoms with van der Waals surface area (Å²) in [5.74, 6) is 1.15. The van der Waals surface area contributed by atoms with Gasteiger partial charge in [-0.1, -0.05) is 23.7 Å². The Morgan fingerprint density at radius 2 is 1.95 bits per heavy atom. The van der Waals surface area contributed by atoms with Crippen molar-refractivity contribution in [3.63, 3.8) is 0 Å². The lowest BCUT2D eigenvalue weighted by molar-refractivity contribution is 0.631. The minimum atomic E-state index is 0.402. The first-order chi connectivity index (χ1) is 9.63. The van der Waals surface area contributed by atoms with Crippen LogP contribution in [0.15, 0.2) is 52.9 Å². The maximum absolute atomic E-state index is 7.46. The van der Waals surface area contributed by atoms with Gasteiger partial charge >= 0.3 is 0 Å². The third kappa shape index (κ3) is 2.40. The maximum atomic E-state index is 7.46. The van der Waals surface area contributed by atoms with E-state index in [2.05, 4.69) is 5.32 Å². The van der Waals surface area contributed by atoms with Gasteiger partial charge in [0.25, 0.3) is 0 Å². The zero-order chi connectivity index (χ0) is 14.1. The summed E-state index contributed by atoms with van der Waals surface area (Å²) in [7, 11) is 0. The lowest BCUT2D eigenvalue weighted by atomic mass is 10.1. The van der Waals surface area contributed by atoms with Crippen LogP contribution in [0, 0.1) is 5.41 Å². The molecule has 1 aromatic heterocycles. The second-order valence-electron chi connectivity index (χ2n) is 4.59. The Morgan fingerprint density at radius 1 is 1.15 bits per heavy atom. The van der Waals surface area contributed by atoms with E-state index < -0.39 is 0 Å². The van der Waals surface area contributed by atoms with Gasteiger partial charge in [-0.05, 0) is 43.3 Å². The summed E-state index contributed by atoms with van der Waals surface area (Å²) in [6.07, 6.45) is 0. The number of anilines is 1. The number of halogens is 1. The highest BCUT2D eigenvalue weighted by Gasteiger charge is 2.09. The first kappa shape index (κ1) is 12.8. The number of fused-ring (bicyclic) bond motifs is 1. The normalized spacial score (nSPS) is 10.7. The van der Waals surface area contributed by atoms with Crippen LogP contribution in [0.3, 0.4) is 0 Å². The summed E-state index contributed by atoms with van der Waals surface area (Å²) in [4.78, 5) is 0. The highest BCUT2D eigenvalue weighted by molar-refractivity contribution is 6.33. The van der Waals surface area contributed by atoms with Crippen LogP contribution in [-0.4, -0.2) is 5.84 Å². The first-order valence-corrected chi connectivity index (χ1v) is 6.62. The minimum Gasteiger partial charge on any atom is -0.456 e. The van der Waals surface area contributed by atoms with Gasteiger partial charge in [0.1, 0.15) is 11.3 Å². The van der Waals surface area contributed by atoms with Crippen LogP contribution in [0.4, 0.5) is 5.69 Å². The molecule has 3 nitrogen and oxygen atoms in total. The summed E-state index contributed by atoms with van der Waals surface area (Å²) in [6.45, 7) is 1.70. The molecule has 2 N–H and O–H groups in total. The van der Waals surface area contributed by atoms with Crippen molar-refractivity contribution in [3.05, 3.63) is 53.6 Å². The van der Waals surface area contributed by atoms with Crippen LogP contribution in [0.2, 0.25) is 5.02 Å². The van der Waals surface area contributed by atoms with Gasteiger partial charge in [-0.3, -0.25) is 5.41 Å². The average molecular weight is 285 g/mol. The Hall–Kier alpha value is -2.26. The standard InChI is InChI=1S/C16H13ClN2O/c1-10(18)19-12-6-7-15-11(8-12)9-16(20-15)13-4-2-3-5-14(13)17/h2-9H,1H3,(H2,18,19). The van der Waals surface area contributed by atoms with Gasteiger partial charge in [-0.2, -0.15) is 0 Å². The molecule has 0 saturated carbocycles. The van der Waals surface area contributed by atoms with Crippen molar-refractivity contribution in [2.75, 3.05) is 5.32 Å². The fourth-order valence-electron chi connectivity index (χ4n) is 2.13. The van der Waals surface area contributed by atoms with Crippen LogP contribution >= 0.6 is 11.6 Å². The lowest BCUT2D eigenvalue weighted by Crippen LogP contribution is -2.04. The predicted octanol–water partition coefficient (Wildman–Crippen LogP) is 5.16. The van der Waals surface area contributed by atoms with Gasteiger partial charge in [0.05, 0.1) is 10.9 Å². The summed E-state index contributed by atoms with van der Waals surface area (Å²) in [5.41, 5.74) is 2.55. The van der Waals surface area contributed by atoms with Crippen molar-refractivity contribution in [2.45, 2.75) is 6.92 Å². The predicted molar refractivity (Wildman–Crippen MR) is 83.7 cm³/mol. The van der Waals surface area contributed by atoms with Crippen LogP contribution in [-0.2, 0) is 0 Å². The second kappa shape index (κ2) is 5.02. The largest absolute Gasteiger partial charge is 0.456 e. The number of rotatable bonds is 2. The van der Waals surface area contributed by atoms with Crippen molar-refractivity contribution in [3.8, 4) is 11.3 Å². The van der Waals surface area contributed by atoms with Crippen LogP contribution in [0.25, 0.3) is 22.3 Å². The number of nitrogens with one attached hydrogen (secondary N) is 2. The molecule has 0 amide bonds. The Labute approximate surface area is 121 Å². The van der Waals surface area contributed by atoms with Gasteiger partial charge in [-0.25, -0.2) is 0 Å². The van der Waals surface area contributed by atoms with E-state index in [9.17, 15) is 0 Å². The molecule has 0 aliphatic rings. The Morgan fingerprint density at radius 3 is 2.70 bits per heavy atom. The van der Waals surface area contributed by atoms with Crippen molar-refractivity contribution < 1.29 is 4.42 Å². The van der Waals surface area contributed by atoms with Crippen LogP contribution < -0.4 is 5.32 Å². The molecule has 4 heteroatoms. The Balaban J connectivity index is 2.07. The van der Waals surface area contributed by atoms with E-state index >= 15 is 0 Å². The SMILES string of the molecule is CC(=N)Nc1ccc2oc(-c3ccccc3Cl)cc2c1. The summed E-state index contributed by atoms with van der Waals surface area (Å²) in [6, 6.07) is 15.3. The second-order valence-corrected chi connectivity index (χ2v) is 5.00. The molecule has 100 valence electrons. The van der Waals surface area contributed by atoms with E-state index in [4.69, 9.17) is 21.4 Å². The molecular weight excluding hydrogens is 272 g/mol. The number of amidine groups is 1. The van der Waals surface area contributed by atoms with E-state index in [1.165, 1.54) is 0 Å². The monoisotopic (exact) mass is 284 g/mol.